The van der Waals surface area contributed by atoms with Gasteiger partial charge in [-0.3, -0.25) is 0 Å². The van der Waals surface area contributed by atoms with Crippen LogP contribution in [0.3, 0.4) is 0 Å². The van der Waals surface area contributed by atoms with Gasteiger partial charge in [0.1, 0.15) is 6.10 Å². The smallest absolute Gasteiger partial charge is 0.340 e. The van der Waals surface area contributed by atoms with Crippen LogP contribution in [-0.2, 0) is 18.9 Å². The zero-order valence-corrected chi connectivity index (χ0v) is 39.8. The summed E-state index contributed by atoms with van der Waals surface area (Å²) < 4.78 is 95.3. The Morgan fingerprint density at radius 1 is 0.464 bits per heavy atom. The lowest BCUT2D eigenvalue weighted by atomic mass is 9.73. The second-order valence-corrected chi connectivity index (χ2v) is 15.0. The molecule has 0 unspecified atom stereocenters. The van der Waals surface area contributed by atoms with Gasteiger partial charge in [0.25, 0.3) is 0 Å². The summed E-state index contributed by atoms with van der Waals surface area (Å²) in [7, 11) is 16.4. The minimum atomic E-state index is -2.28. The Bertz CT molecular complexity index is 2740. The fraction of sp³-hybridized carbons (Fsp3) is 0.404. The average Bonchev–Trinajstić information content (AvgIpc) is 3.38. The number of aliphatic hydroxyl groups excluding tert-OH is 2. The Balaban J connectivity index is 1.91. The average molecular weight is 967 g/mol. The molecule has 4 aromatic rings. The highest BCUT2D eigenvalue weighted by Gasteiger charge is 2.56. The van der Waals surface area contributed by atoms with Crippen LogP contribution in [0.25, 0.3) is 22.3 Å². The van der Waals surface area contributed by atoms with E-state index < -0.39 is 66.4 Å². The summed E-state index contributed by atoms with van der Waals surface area (Å²) in [5.41, 5.74) is -2.94. The summed E-state index contributed by atoms with van der Waals surface area (Å²) in [6.07, 6.45) is -8.40. The van der Waals surface area contributed by atoms with E-state index in [1.54, 1.807) is 0 Å². The normalized spacial score (nSPS) is 18.8. The number of rotatable bonds is 15. The van der Waals surface area contributed by atoms with E-state index in [4.69, 9.17) is 75.8 Å². The molecule has 0 spiro atoms. The molecule has 7 rings (SSSR count). The topological polar surface area (TPSA) is 256 Å². The Kier molecular flexibility index (Phi) is 13.9. The monoisotopic (exact) mass is 966 g/mol. The molecule has 22 heteroatoms. The molecule has 69 heavy (non-hydrogen) atoms. The fourth-order valence-electron chi connectivity index (χ4n) is 9.42. The Morgan fingerprint density at radius 2 is 0.884 bits per heavy atom. The van der Waals surface area contributed by atoms with Gasteiger partial charge in [-0.25, -0.2) is 19.2 Å². The van der Waals surface area contributed by atoms with Crippen molar-refractivity contribution in [2.45, 2.75) is 30.3 Å². The van der Waals surface area contributed by atoms with Crippen molar-refractivity contribution in [1.82, 2.24) is 0 Å². The molecule has 4 aromatic carbocycles. The first-order chi connectivity index (χ1) is 33.3. The van der Waals surface area contributed by atoms with E-state index in [1.807, 2.05) is 0 Å². The van der Waals surface area contributed by atoms with Crippen molar-refractivity contribution < 1.29 is 105 Å². The van der Waals surface area contributed by atoms with Gasteiger partial charge in [-0.1, -0.05) is 0 Å². The van der Waals surface area contributed by atoms with Crippen LogP contribution in [0.4, 0.5) is 0 Å². The van der Waals surface area contributed by atoms with E-state index in [-0.39, 0.29) is 119 Å². The second kappa shape index (κ2) is 19.5. The highest BCUT2D eigenvalue weighted by molar-refractivity contribution is 6.17. The lowest BCUT2D eigenvalue weighted by Crippen LogP contribution is -2.54. The van der Waals surface area contributed by atoms with Crippen molar-refractivity contribution >= 4 is 23.9 Å². The predicted octanol–water partition coefficient (Wildman–Crippen LogP) is 4.01. The lowest BCUT2D eigenvalue weighted by Gasteiger charge is -2.43. The molecule has 3 aliphatic rings. The molecule has 5 atom stereocenters. The number of methoxy groups -OCH3 is 13. The number of fused-ring (bicyclic) bond motifs is 8. The number of cyclic esters (lactones) is 1. The van der Waals surface area contributed by atoms with E-state index in [0.29, 0.717) is 0 Å². The Morgan fingerprint density at radius 3 is 1.38 bits per heavy atom. The van der Waals surface area contributed by atoms with Crippen molar-refractivity contribution in [1.29, 1.82) is 0 Å². The molecule has 4 bridgehead atoms. The molecule has 3 aliphatic heterocycles. The third kappa shape index (κ3) is 7.23. The van der Waals surface area contributed by atoms with Gasteiger partial charge in [-0.05, 0) is 12.1 Å². The first-order valence-corrected chi connectivity index (χ1v) is 20.6. The summed E-state index contributed by atoms with van der Waals surface area (Å²) in [6, 6.07) is 2.50. The standard InChI is InChI=1S/C47H50O22/c1-54-19-14-17(44(50)66-13)22(34(58-5)32(19)56-3)24-26-30-28(39(63-10)43(65-12)37(26)61-8)27-29-25(36(60-7)42(64-11)38(27)62-9)23-18(15-20(55-2)33(57-4)35(23)59-6)45(51)67-21(16-48)31(49)41(69-47(29)53)40(24)68-46(30)52/h14-15,21,24,31,40-41,48-49H,16H2,1-13H3/t21-,24+,31-,40+,41+/m1/s1. The molecule has 3 heterocycles. The molecule has 0 saturated carbocycles. The predicted molar refractivity (Wildman–Crippen MR) is 236 cm³/mol. The SMILES string of the molecule is COC(=O)c1cc(OC)c(OC)c(OC)c1[C@H]1c2c(OC)c(OC)c(OC)c3c2C(=O)O[C@@H]1[C@H]1OC(=O)c2c(c(OC)c(OC)c(OC)c2-3)-c2c(cc(OC)c(OC)c2OC)C(=O)O[C@H](CO)[C@H]1O. The van der Waals surface area contributed by atoms with E-state index in [0.717, 1.165) is 7.11 Å². The van der Waals surface area contributed by atoms with Crippen LogP contribution < -0.4 is 56.8 Å². The molecule has 2 N–H and O–H groups in total. The largest absolute Gasteiger partial charge is 0.493 e. The number of esters is 4. The maximum Gasteiger partial charge on any atom is 0.340 e. The quantitative estimate of drug-likeness (QED) is 0.126. The van der Waals surface area contributed by atoms with E-state index in [2.05, 4.69) is 0 Å². The highest BCUT2D eigenvalue weighted by atomic mass is 16.6. The number of hydrogen-bond acceptors (Lipinski definition) is 22. The zero-order valence-electron chi connectivity index (χ0n) is 39.8. The van der Waals surface area contributed by atoms with Gasteiger partial charge in [-0.15, -0.1) is 0 Å². The van der Waals surface area contributed by atoms with Crippen molar-refractivity contribution in [3.05, 3.63) is 45.5 Å². The van der Waals surface area contributed by atoms with Crippen LogP contribution in [0.1, 0.15) is 58.5 Å². The molecule has 370 valence electrons. The molecular weight excluding hydrogens is 916 g/mol. The fourth-order valence-corrected chi connectivity index (χ4v) is 9.42. The lowest BCUT2D eigenvalue weighted by molar-refractivity contribution is -0.130. The van der Waals surface area contributed by atoms with E-state index >= 15 is 9.59 Å². The summed E-state index contributed by atoms with van der Waals surface area (Å²) in [4.78, 5) is 60.4. The molecule has 0 saturated heterocycles. The van der Waals surface area contributed by atoms with Crippen LogP contribution in [0.2, 0.25) is 0 Å². The van der Waals surface area contributed by atoms with Crippen LogP contribution in [-0.4, -0.2) is 158 Å². The zero-order chi connectivity index (χ0) is 50.3. The van der Waals surface area contributed by atoms with Gasteiger partial charge in [0, 0.05) is 33.4 Å². The number of carbonyl (C=O) groups excluding carboxylic acids is 4. The first kappa shape index (κ1) is 49.2. The molecular formula is C47H50O22. The number of aliphatic hydroxyl groups is 2. The van der Waals surface area contributed by atoms with Crippen molar-refractivity contribution in [3.63, 3.8) is 0 Å². The summed E-state index contributed by atoms with van der Waals surface area (Å²) in [6.45, 7) is -1.11. The van der Waals surface area contributed by atoms with Crippen molar-refractivity contribution in [3.8, 4) is 91.2 Å². The molecule has 0 aliphatic carbocycles. The molecule has 0 radical (unpaired) electrons. The highest BCUT2D eigenvalue weighted by Crippen LogP contribution is 2.64. The third-order valence-electron chi connectivity index (χ3n) is 12.1. The van der Waals surface area contributed by atoms with Gasteiger partial charge in [0.05, 0.1) is 127 Å². The van der Waals surface area contributed by atoms with Gasteiger partial charge >= 0.3 is 23.9 Å². The maximum absolute atomic E-state index is 15.9. The third-order valence-corrected chi connectivity index (χ3v) is 12.1. The van der Waals surface area contributed by atoms with Gasteiger partial charge in [-0.2, -0.15) is 0 Å². The summed E-state index contributed by atoms with van der Waals surface area (Å²) >= 11 is 0. The first-order valence-electron chi connectivity index (χ1n) is 20.6. The Hall–Kier alpha value is -7.72. The van der Waals surface area contributed by atoms with Crippen LogP contribution in [0.5, 0.6) is 69.0 Å². The Labute approximate surface area is 394 Å². The van der Waals surface area contributed by atoms with E-state index in [1.165, 1.54) is 97.5 Å². The number of ether oxygens (including phenoxy) is 16. The number of benzene rings is 4. The molecule has 22 nitrogen and oxygen atoms in total. The van der Waals surface area contributed by atoms with Crippen LogP contribution in [0, 0.1) is 0 Å². The van der Waals surface area contributed by atoms with E-state index in [9.17, 15) is 19.8 Å². The second-order valence-electron chi connectivity index (χ2n) is 15.0. The maximum atomic E-state index is 15.9. The van der Waals surface area contributed by atoms with Gasteiger partial charge in [0.15, 0.2) is 64.3 Å². The van der Waals surface area contributed by atoms with Crippen molar-refractivity contribution in [2.24, 2.45) is 0 Å². The summed E-state index contributed by atoms with van der Waals surface area (Å²) in [5, 5.41) is 23.7. The van der Waals surface area contributed by atoms with Gasteiger partial charge in [0.2, 0.25) is 23.0 Å². The minimum Gasteiger partial charge on any atom is -0.493 e. The van der Waals surface area contributed by atoms with Gasteiger partial charge < -0.3 is 86.0 Å². The van der Waals surface area contributed by atoms with Crippen LogP contribution in [0.15, 0.2) is 12.1 Å². The van der Waals surface area contributed by atoms with Crippen LogP contribution >= 0.6 is 0 Å². The summed E-state index contributed by atoms with van der Waals surface area (Å²) in [5.74, 6) is -8.30. The minimum absolute atomic E-state index is 0.00619. The number of carbonyl (C=O) groups is 4. The van der Waals surface area contributed by atoms with Crippen molar-refractivity contribution in [2.75, 3.05) is 99.0 Å². The molecule has 0 amide bonds. The number of hydrogen-bond donors (Lipinski definition) is 2. The molecule has 0 aromatic heterocycles. The molecule has 0 fully saturated rings.